The molecule has 2 N–H and O–H groups in total. The Bertz CT molecular complexity index is 423. The second-order valence-corrected chi connectivity index (χ2v) is 4.94. The van der Waals surface area contributed by atoms with Gasteiger partial charge in [-0.1, -0.05) is 31.5 Å². The number of benzene rings is 1. The fraction of sp³-hybridized carbons (Fsp3) is 0.462. The van der Waals surface area contributed by atoms with E-state index in [2.05, 4.69) is 5.32 Å². The number of hydrogen-bond acceptors (Lipinski definition) is 2. The maximum absolute atomic E-state index is 12.8. The van der Waals surface area contributed by atoms with Gasteiger partial charge in [0.25, 0.3) is 0 Å². The summed E-state index contributed by atoms with van der Waals surface area (Å²) < 4.78 is 12.8. The molecule has 1 aromatic carbocycles. The minimum Gasteiger partial charge on any atom is -0.391 e. The maximum atomic E-state index is 12.8. The van der Waals surface area contributed by atoms with Crippen molar-refractivity contribution in [1.82, 2.24) is 5.32 Å². The van der Waals surface area contributed by atoms with Crippen LogP contribution in [0.25, 0.3) is 0 Å². The van der Waals surface area contributed by atoms with Crippen LogP contribution < -0.4 is 5.32 Å². The van der Waals surface area contributed by atoms with E-state index < -0.39 is 11.9 Å². The summed E-state index contributed by atoms with van der Waals surface area (Å²) in [6.07, 6.45) is -0.498. The van der Waals surface area contributed by atoms with Crippen LogP contribution in [0.5, 0.6) is 0 Å². The predicted octanol–water partition coefficient (Wildman–Crippen LogP) is 2.15. The van der Waals surface area contributed by atoms with Crippen LogP contribution in [0.4, 0.5) is 4.39 Å². The number of hydrogen-bond donors (Lipinski definition) is 2. The first kappa shape index (κ1) is 14.9. The molecule has 0 aliphatic carbocycles. The third kappa shape index (κ3) is 4.63. The van der Waals surface area contributed by atoms with Crippen LogP contribution in [-0.4, -0.2) is 23.7 Å². The van der Waals surface area contributed by atoms with Crippen molar-refractivity contribution in [3.63, 3.8) is 0 Å². The second-order valence-electron chi connectivity index (χ2n) is 4.53. The summed E-state index contributed by atoms with van der Waals surface area (Å²) in [6.45, 7) is 3.94. The van der Waals surface area contributed by atoms with Gasteiger partial charge in [-0.05, 0) is 23.6 Å². The lowest BCUT2D eigenvalue weighted by molar-refractivity contribution is -0.121. The molecule has 0 bridgehead atoms. The first-order valence-corrected chi connectivity index (χ1v) is 6.16. The van der Waals surface area contributed by atoms with Crippen molar-refractivity contribution < 1.29 is 14.3 Å². The molecule has 0 aromatic heterocycles. The van der Waals surface area contributed by atoms with Gasteiger partial charge in [0.1, 0.15) is 5.82 Å². The van der Waals surface area contributed by atoms with Crippen LogP contribution in [-0.2, 0) is 11.2 Å². The van der Waals surface area contributed by atoms with Gasteiger partial charge in [0.2, 0.25) is 5.91 Å². The SMILES string of the molecule is CC(C)C(O)CNC(=O)Cc1ccc(F)cc1Cl. The van der Waals surface area contributed by atoms with Crippen LogP contribution in [0.2, 0.25) is 5.02 Å². The zero-order valence-electron chi connectivity index (χ0n) is 10.4. The Kier molecular flexibility index (Phi) is 5.56. The summed E-state index contributed by atoms with van der Waals surface area (Å²) >= 11 is 5.82. The third-order valence-electron chi connectivity index (χ3n) is 2.64. The lowest BCUT2D eigenvalue weighted by atomic mass is 10.1. The average Bonchev–Trinajstić information content (AvgIpc) is 2.29. The van der Waals surface area contributed by atoms with Crippen molar-refractivity contribution in [3.05, 3.63) is 34.6 Å². The van der Waals surface area contributed by atoms with Gasteiger partial charge in [-0.3, -0.25) is 4.79 Å². The zero-order chi connectivity index (χ0) is 13.7. The van der Waals surface area contributed by atoms with Gasteiger partial charge in [0, 0.05) is 11.6 Å². The van der Waals surface area contributed by atoms with Crippen LogP contribution in [0.3, 0.4) is 0 Å². The van der Waals surface area contributed by atoms with E-state index in [1.54, 1.807) is 0 Å². The Morgan fingerprint density at radius 3 is 2.72 bits per heavy atom. The number of rotatable bonds is 5. The quantitative estimate of drug-likeness (QED) is 0.864. The number of amides is 1. The summed E-state index contributed by atoms with van der Waals surface area (Å²) in [5.74, 6) is -0.595. The molecule has 0 aliphatic rings. The molecule has 1 amide bonds. The van der Waals surface area contributed by atoms with Gasteiger partial charge in [0.05, 0.1) is 12.5 Å². The summed E-state index contributed by atoms with van der Waals surface area (Å²) in [5, 5.41) is 12.4. The standard InChI is InChI=1S/C13H17ClFNO2/c1-8(2)12(17)7-16-13(18)5-9-3-4-10(15)6-11(9)14/h3-4,6,8,12,17H,5,7H2,1-2H3,(H,16,18). The van der Waals surface area contributed by atoms with E-state index >= 15 is 0 Å². The molecule has 0 spiro atoms. The lowest BCUT2D eigenvalue weighted by Gasteiger charge is -2.15. The molecule has 18 heavy (non-hydrogen) atoms. The van der Waals surface area contributed by atoms with Crippen LogP contribution >= 0.6 is 11.6 Å². The fourth-order valence-electron chi connectivity index (χ4n) is 1.35. The van der Waals surface area contributed by atoms with E-state index in [0.29, 0.717) is 5.56 Å². The Morgan fingerprint density at radius 1 is 1.50 bits per heavy atom. The molecule has 0 saturated carbocycles. The van der Waals surface area contributed by atoms with Gasteiger partial charge >= 0.3 is 0 Å². The van der Waals surface area contributed by atoms with E-state index in [1.165, 1.54) is 18.2 Å². The van der Waals surface area contributed by atoms with E-state index in [0.717, 1.165) is 0 Å². The van der Waals surface area contributed by atoms with Gasteiger partial charge in [-0.25, -0.2) is 4.39 Å². The summed E-state index contributed by atoms with van der Waals surface area (Å²) in [7, 11) is 0. The minimum absolute atomic E-state index is 0.0733. The molecule has 1 aromatic rings. The molecule has 0 aliphatic heterocycles. The number of nitrogens with one attached hydrogen (secondary N) is 1. The first-order valence-electron chi connectivity index (χ1n) is 5.79. The number of carbonyl (C=O) groups is 1. The maximum Gasteiger partial charge on any atom is 0.224 e. The number of carbonyl (C=O) groups excluding carboxylic acids is 1. The molecule has 1 unspecified atom stereocenters. The molecule has 3 nitrogen and oxygen atoms in total. The highest BCUT2D eigenvalue weighted by Gasteiger charge is 2.12. The van der Waals surface area contributed by atoms with Crippen LogP contribution in [0, 0.1) is 11.7 Å². The van der Waals surface area contributed by atoms with Gasteiger partial charge in [0.15, 0.2) is 0 Å². The molecular weight excluding hydrogens is 257 g/mol. The molecule has 5 heteroatoms. The largest absolute Gasteiger partial charge is 0.391 e. The smallest absolute Gasteiger partial charge is 0.224 e. The van der Waals surface area contributed by atoms with E-state index in [-0.39, 0.29) is 29.8 Å². The molecule has 0 radical (unpaired) electrons. The second kappa shape index (κ2) is 6.71. The normalized spacial score (nSPS) is 12.6. The number of aliphatic hydroxyl groups is 1. The Balaban J connectivity index is 2.50. The van der Waals surface area contributed by atoms with Crippen molar-refractivity contribution in [2.45, 2.75) is 26.4 Å². The zero-order valence-corrected chi connectivity index (χ0v) is 11.2. The molecule has 1 rings (SSSR count). The number of aliphatic hydroxyl groups excluding tert-OH is 1. The highest BCUT2D eigenvalue weighted by molar-refractivity contribution is 6.31. The summed E-state index contributed by atoms with van der Waals surface area (Å²) in [6, 6.07) is 3.92. The van der Waals surface area contributed by atoms with E-state index in [1.807, 2.05) is 13.8 Å². The Labute approximate surface area is 111 Å². The molecule has 0 fully saturated rings. The minimum atomic E-state index is -0.572. The first-order chi connectivity index (χ1) is 8.40. The molecular formula is C13H17ClFNO2. The molecule has 0 heterocycles. The lowest BCUT2D eigenvalue weighted by Crippen LogP contribution is -2.35. The van der Waals surface area contributed by atoms with Gasteiger partial charge in [-0.2, -0.15) is 0 Å². The van der Waals surface area contributed by atoms with Crippen molar-refractivity contribution in [2.24, 2.45) is 5.92 Å². The highest BCUT2D eigenvalue weighted by Crippen LogP contribution is 2.17. The Hall–Kier alpha value is -1.13. The van der Waals surface area contributed by atoms with Crippen LogP contribution in [0.15, 0.2) is 18.2 Å². The summed E-state index contributed by atoms with van der Waals surface area (Å²) in [5.41, 5.74) is 0.564. The Morgan fingerprint density at radius 2 is 2.17 bits per heavy atom. The third-order valence-corrected chi connectivity index (χ3v) is 3.00. The van der Waals surface area contributed by atoms with Gasteiger partial charge in [-0.15, -0.1) is 0 Å². The van der Waals surface area contributed by atoms with Crippen molar-refractivity contribution in [2.75, 3.05) is 6.54 Å². The van der Waals surface area contributed by atoms with E-state index in [4.69, 9.17) is 11.6 Å². The van der Waals surface area contributed by atoms with Crippen molar-refractivity contribution in [3.8, 4) is 0 Å². The average molecular weight is 274 g/mol. The van der Waals surface area contributed by atoms with Crippen molar-refractivity contribution >= 4 is 17.5 Å². The monoisotopic (exact) mass is 273 g/mol. The highest BCUT2D eigenvalue weighted by atomic mass is 35.5. The predicted molar refractivity (Wildman–Crippen MR) is 69.0 cm³/mol. The van der Waals surface area contributed by atoms with Crippen molar-refractivity contribution in [1.29, 1.82) is 0 Å². The molecule has 100 valence electrons. The molecule has 0 saturated heterocycles. The number of halogens is 2. The van der Waals surface area contributed by atoms with Gasteiger partial charge < -0.3 is 10.4 Å². The summed E-state index contributed by atoms with van der Waals surface area (Å²) in [4.78, 5) is 11.6. The van der Waals surface area contributed by atoms with E-state index in [9.17, 15) is 14.3 Å². The molecule has 1 atom stereocenters. The van der Waals surface area contributed by atoms with Crippen LogP contribution in [0.1, 0.15) is 19.4 Å². The fourth-order valence-corrected chi connectivity index (χ4v) is 1.59. The topological polar surface area (TPSA) is 49.3 Å².